The first-order valence-electron chi connectivity index (χ1n) is 35.8. The number of ether oxygens (including phenoxy) is 4. The molecule has 0 bridgehead atoms. The summed E-state index contributed by atoms with van der Waals surface area (Å²) in [6.07, 6.45) is 33.8. The number of rotatable bonds is 25. The third kappa shape index (κ3) is 15.0. The zero-order valence-corrected chi connectivity index (χ0v) is 56.7. The predicted octanol–water partition coefficient (Wildman–Crippen LogP) is 17.9. The number of hydrogen-bond acceptors (Lipinski definition) is 12. The van der Waals surface area contributed by atoms with Crippen molar-refractivity contribution in [3.8, 4) is 23.0 Å². The summed E-state index contributed by atoms with van der Waals surface area (Å²) in [4.78, 5) is 60.6. The Morgan fingerprint density at radius 1 is 0.511 bits per heavy atom. The third-order valence-electron chi connectivity index (χ3n) is 25.5. The summed E-state index contributed by atoms with van der Waals surface area (Å²) in [7, 11) is 0. The highest BCUT2D eigenvalue weighted by Gasteiger charge is 2.61. The fourth-order valence-corrected chi connectivity index (χ4v) is 20.6. The maximum atomic E-state index is 13.1. The molecule has 0 aromatic heterocycles. The van der Waals surface area contributed by atoms with Crippen LogP contribution in [0.5, 0.6) is 23.0 Å². The Bertz CT molecular complexity index is 2800. The average Bonchev–Trinajstić information content (AvgIpc) is 1.35. The Morgan fingerprint density at radius 3 is 1.30 bits per heavy atom. The first-order chi connectivity index (χ1) is 43.0. The Labute approximate surface area is 540 Å². The van der Waals surface area contributed by atoms with Crippen molar-refractivity contribution >= 4 is 36.3 Å². The first kappa shape index (κ1) is 67.6. The van der Waals surface area contributed by atoms with Crippen molar-refractivity contribution in [2.75, 3.05) is 13.1 Å². The maximum Gasteiger partial charge on any atom is 0.311 e. The van der Waals surface area contributed by atoms with Crippen molar-refractivity contribution in [1.82, 2.24) is 0 Å². The normalized spacial score (nSPS) is 33.4. The Balaban J connectivity index is 0.594. The molecule has 6 fully saturated rings. The minimum atomic E-state index is -0.585. The SMILES string of the molecule is CC(C)CCC[C@@H](C)[C@H]1CC[C@H]2[C@@H]3CC=C4CC(OC(=O)CCC(=O)Oc5ccc(C=NCCN=Cc6ccc(OC(=O)CCC(=O)OC7CC[C@@]8(C)C(=CC[C@H]9[C@@H]%10CC[C@H]([C@H](C)CCCC(C)C)[C@@]%10(C)CC[C@@H]98)C7)cc6O)c(O)c5)CC[C@]4(C)[C@H]3CC[C@]12C. The van der Waals surface area contributed by atoms with Crippen LogP contribution in [0, 0.1) is 92.7 Å². The minimum Gasteiger partial charge on any atom is -0.507 e. The van der Waals surface area contributed by atoms with Crippen LogP contribution in [0.3, 0.4) is 0 Å². The summed E-state index contributed by atoms with van der Waals surface area (Å²) >= 11 is 0. The highest BCUT2D eigenvalue weighted by atomic mass is 16.6. The van der Waals surface area contributed by atoms with Gasteiger partial charge in [0.1, 0.15) is 35.2 Å². The van der Waals surface area contributed by atoms with Crippen molar-refractivity contribution in [2.45, 2.75) is 248 Å². The number of nitrogens with zero attached hydrogens (tertiary/aromatic N) is 2. The molecule has 2 aromatic rings. The monoisotopic (exact) mass is 1240 g/mol. The number of carbonyl (C=O) groups is 4. The molecule has 0 amide bonds. The van der Waals surface area contributed by atoms with Gasteiger partial charge in [-0.1, -0.05) is 131 Å². The summed E-state index contributed by atoms with van der Waals surface area (Å²) in [6.45, 7) is 25.3. The molecule has 6 saturated carbocycles. The highest BCUT2D eigenvalue weighted by molar-refractivity contribution is 5.85. The zero-order valence-electron chi connectivity index (χ0n) is 56.7. The molecule has 0 radical (unpaired) electrons. The van der Waals surface area contributed by atoms with Crippen molar-refractivity contribution in [1.29, 1.82) is 0 Å². The average molecular weight is 1240 g/mol. The Morgan fingerprint density at radius 2 is 0.911 bits per heavy atom. The summed E-state index contributed by atoms with van der Waals surface area (Å²) in [6, 6.07) is 9.02. The van der Waals surface area contributed by atoms with Gasteiger partial charge >= 0.3 is 23.9 Å². The molecule has 90 heavy (non-hydrogen) atoms. The molecule has 8 aliphatic rings. The number of hydrogen-bond donors (Lipinski definition) is 2. The number of fused-ring (bicyclic) bond motifs is 10. The summed E-state index contributed by atoms with van der Waals surface area (Å²) < 4.78 is 23.0. The number of phenols is 2. The van der Waals surface area contributed by atoms with Gasteiger partial charge in [-0.3, -0.25) is 29.2 Å². The van der Waals surface area contributed by atoms with Crippen molar-refractivity contribution in [2.24, 2.45) is 103 Å². The second-order valence-electron chi connectivity index (χ2n) is 31.7. The lowest BCUT2D eigenvalue weighted by Crippen LogP contribution is -2.51. The van der Waals surface area contributed by atoms with Crippen molar-refractivity contribution in [3.05, 3.63) is 70.8 Å². The topological polar surface area (TPSA) is 170 Å². The Kier molecular flexibility index (Phi) is 21.7. The van der Waals surface area contributed by atoms with E-state index in [2.05, 4.69) is 91.4 Å². The van der Waals surface area contributed by atoms with Gasteiger partial charge in [-0.2, -0.15) is 0 Å². The summed E-state index contributed by atoms with van der Waals surface area (Å²) in [5.41, 5.74) is 5.02. The van der Waals surface area contributed by atoms with Gasteiger partial charge in [-0.05, 0) is 207 Å². The fraction of sp³-hybridized carbons (Fsp3) is 0.718. The second kappa shape index (κ2) is 28.9. The molecule has 0 heterocycles. The van der Waals surface area contributed by atoms with Crippen LogP contribution in [0.2, 0.25) is 0 Å². The van der Waals surface area contributed by atoms with E-state index in [4.69, 9.17) is 18.9 Å². The van der Waals surface area contributed by atoms with E-state index >= 15 is 0 Å². The van der Waals surface area contributed by atoms with E-state index in [1.807, 2.05) is 0 Å². The summed E-state index contributed by atoms with van der Waals surface area (Å²) in [5.74, 6) is 7.45. The van der Waals surface area contributed by atoms with Gasteiger partial charge in [-0.25, -0.2) is 0 Å². The van der Waals surface area contributed by atoms with E-state index < -0.39 is 23.9 Å². The molecule has 0 aliphatic heterocycles. The van der Waals surface area contributed by atoms with Gasteiger partial charge in [0.15, 0.2) is 0 Å². The number of phenolic OH excluding ortho intramolecular Hbond substituents is 2. The van der Waals surface area contributed by atoms with Crippen molar-refractivity contribution in [3.63, 3.8) is 0 Å². The minimum absolute atomic E-state index is 0.0768. The highest BCUT2D eigenvalue weighted by Crippen LogP contribution is 2.69. The maximum absolute atomic E-state index is 13.1. The van der Waals surface area contributed by atoms with E-state index in [0.717, 1.165) is 111 Å². The van der Waals surface area contributed by atoms with Crippen LogP contribution in [0.4, 0.5) is 0 Å². The van der Waals surface area contributed by atoms with Gasteiger partial charge < -0.3 is 29.2 Å². The van der Waals surface area contributed by atoms with Crippen LogP contribution in [0.1, 0.15) is 247 Å². The molecule has 12 nitrogen and oxygen atoms in total. The molecule has 2 unspecified atom stereocenters. The van der Waals surface area contributed by atoms with Crippen LogP contribution >= 0.6 is 0 Å². The number of esters is 4. The molecule has 8 aliphatic carbocycles. The molecule has 494 valence electrons. The molecule has 16 atom stereocenters. The van der Waals surface area contributed by atoms with Gasteiger partial charge in [0, 0.05) is 48.5 Å². The van der Waals surface area contributed by atoms with E-state index in [0.29, 0.717) is 33.8 Å². The first-order valence-corrected chi connectivity index (χ1v) is 35.8. The molecular weight excluding hydrogens is 1120 g/mol. The summed E-state index contributed by atoms with van der Waals surface area (Å²) in [5, 5.41) is 21.4. The van der Waals surface area contributed by atoms with Crippen LogP contribution in [-0.4, -0.2) is 71.8 Å². The third-order valence-corrected chi connectivity index (χ3v) is 25.5. The lowest BCUT2D eigenvalue weighted by molar-refractivity contribution is -0.154. The van der Waals surface area contributed by atoms with E-state index in [-0.39, 0.29) is 84.8 Å². The lowest BCUT2D eigenvalue weighted by Gasteiger charge is -2.58. The predicted molar refractivity (Wildman–Crippen MR) is 357 cm³/mol. The Hall–Kier alpha value is -5.26. The van der Waals surface area contributed by atoms with Gasteiger partial charge in [-0.15, -0.1) is 0 Å². The van der Waals surface area contributed by atoms with Crippen LogP contribution < -0.4 is 9.47 Å². The lowest BCUT2D eigenvalue weighted by atomic mass is 9.47. The molecule has 0 saturated heterocycles. The van der Waals surface area contributed by atoms with Crippen molar-refractivity contribution < 1.29 is 48.3 Å². The second-order valence-corrected chi connectivity index (χ2v) is 31.7. The van der Waals surface area contributed by atoms with E-state index in [9.17, 15) is 29.4 Å². The molecule has 2 N–H and O–H groups in total. The van der Waals surface area contributed by atoms with E-state index in [1.165, 1.54) is 126 Å². The number of aromatic hydroxyl groups is 2. The standard InChI is InChI=1S/C78H112N2O10/c1-49(2)13-11-15-51(5)63-25-27-65-61-23-19-55-43-59(33-37-75(55,7)67(61)35-39-77(63,65)9)89-73(85)31-29-71(83)87-57-21-17-53(69(81)45-57)47-79-41-42-80-48-54-18-22-58(46-70(54)82)88-72(84)30-32-74(86)90-60-34-38-76(8)56(44-60)20-24-62-66-28-26-64(52(6)16-12-14-50(3)4)78(66,10)40-36-68(62)76/h17-22,45-52,59-68,81-82H,11-16,23-44H2,1-10H3/t51-,52-,59?,60?,61+,62+,63-,64-,65+,66+,67+,68+,75+,76+,77-,78-/m1/s1. The molecule has 2 aromatic carbocycles. The number of allylic oxidation sites excluding steroid dienone is 2. The number of aliphatic imine (C=N–C) groups is 2. The molecule has 0 spiro atoms. The van der Waals surface area contributed by atoms with Gasteiger partial charge in [0.05, 0.1) is 38.8 Å². The molecular formula is C78H112N2O10. The fourth-order valence-electron chi connectivity index (χ4n) is 20.6. The molecule has 12 heteroatoms. The zero-order chi connectivity index (χ0) is 64.1. The van der Waals surface area contributed by atoms with E-state index in [1.54, 1.807) is 24.3 Å². The number of benzene rings is 2. The smallest absolute Gasteiger partial charge is 0.311 e. The van der Waals surface area contributed by atoms with Crippen LogP contribution in [-0.2, 0) is 28.7 Å². The molecule has 10 rings (SSSR count). The van der Waals surface area contributed by atoms with Gasteiger partial charge in [0.25, 0.3) is 0 Å². The quantitative estimate of drug-likeness (QED) is 0.0321. The van der Waals surface area contributed by atoms with Crippen LogP contribution in [0.15, 0.2) is 69.7 Å². The number of carbonyl (C=O) groups excluding carboxylic acids is 4. The van der Waals surface area contributed by atoms with Crippen LogP contribution in [0.25, 0.3) is 0 Å². The van der Waals surface area contributed by atoms with Gasteiger partial charge in [0.2, 0.25) is 0 Å². The largest absolute Gasteiger partial charge is 0.507 e.